The second kappa shape index (κ2) is 8.45. The van der Waals surface area contributed by atoms with Crippen LogP contribution < -0.4 is 0 Å². The van der Waals surface area contributed by atoms with Crippen molar-refractivity contribution >= 4 is 24.1 Å². The Hall–Kier alpha value is -1.18. The highest BCUT2D eigenvalue weighted by molar-refractivity contribution is 7.92. The molecule has 0 bridgehead atoms. The van der Waals surface area contributed by atoms with Crippen molar-refractivity contribution in [3.05, 3.63) is 30.3 Å². The quantitative estimate of drug-likeness (QED) is 0.631. The smallest absolute Gasteiger partial charge is 0.238 e. The van der Waals surface area contributed by atoms with E-state index < -0.39 is 35.4 Å². The number of carbonyl (C=O) groups is 1. The van der Waals surface area contributed by atoms with Crippen molar-refractivity contribution in [3.8, 4) is 0 Å². The Morgan fingerprint density at radius 2 is 1.56 bits per heavy atom. The van der Waals surface area contributed by atoms with Crippen LogP contribution in [-0.4, -0.2) is 52.0 Å². The molecule has 7 heteroatoms. The predicted octanol–water partition coefficient (Wildman–Crippen LogP) is 4.11. The Morgan fingerprint density at radius 1 is 1.04 bits per heavy atom. The van der Waals surface area contributed by atoms with Crippen LogP contribution in [0, 0.1) is 0 Å². The van der Waals surface area contributed by atoms with E-state index in [-0.39, 0.29) is 9.93 Å². The van der Waals surface area contributed by atoms with Gasteiger partial charge in [0.1, 0.15) is 5.75 Å². The summed E-state index contributed by atoms with van der Waals surface area (Å²) in [4.78, 5) is 14.6. The van der Waals surface area contributed by atoms with Gasteiger partial charge in [-0.15, -0.1) is 0 Å². The molecule has 1 rings (SSSR count). The standard InChI is InChI=1S/C20H35NO4SSi/c1-19(2,3)21(14-15-25-27(7,8)20(4,5)6)18(22)16-26(23,24)17-12-10-9-11-13-17/h9-13H,14-16H2,1-8H3. The summed E-state index contributed by atoms with van der Waals surface area (Å²) in [5, 5.41) is 0.0836. The van der Waals surface area contributed by atoms with Crippen LogP contribution >= 0.6 is 0 Å². The number of nitrogens with zero attached hydrogens (tertiary/aromatic N) is 1. The second-order valence-electron chi connectivity index (χ2n) is 9.40. The molecule has 0 saturated carbocycles. The van der Waals surface area contributed by atoms with Gasteiger partial charge in [-0.25, -0.2) is 8.42 Å². The van der Waals surface area contributed by atoms with Gasteiger partial charge in [-0.1, -0.05) is 39.0 Å². The van der Waals surface area contributed by atoms with Gasteiger partial charge in [-0.05, 0) is 51.0 Å². The molecule has 0 radical (unpaired) electrons. The molecule has 1 aromatic rings. The summed E-state index contributed by atoms with van der Waals surface area (Å²) >= 11 is 0. The van der Waals surface area contributed by atoms with E-state index in [1.54, 1.807) is 23.1 Å². The van der Waals surface area contributed by atoms with E-state index in [0.29, 0.717) is 13.2 Å². The van der Waals surface area contributed by atoms with E-state index in [1.165, 1.54) is 12.1 Å². The maximum atomic E-state index is 12.8. The van der Waals surface area contributed by atoms with Crippen molar-refractivity contribution in [1.29, 1.82) is 0 Å². The molecule has 0 aliphatic heterocycles. The van der Waals surface area contributed by atoms with Gasteiger partial charge in [0.25, 0.3) is 0 Å². The van der Waals surface area contributed by atoms with E-state index in [4.69, 9.17) is 4.43 Å². The van der Waals surface area contributed by atoms with Crippen LogP contribution in [0.4, 0.5) is 0 Å². The largest absolute Gasteiger partial charge is 0.415 e. The van der Waals surface area contributed by atoms with Crippen molar-refractivity contribution in [2.45, 2.75) is 70.1 Å². The van der Waals surface area contributed by atoms with Gasteiger partial charge in [-0.2, -0.15) is 0 Å². The molecule has 0 spiro atoms. The Bertz CT molecular complexity index is 731. The topological polar surface area (TPSA) is 63.7 Å². The third-order valence-electron chi connectivity index (χ3n) is 5.11. The Kier molecular flexibility index (Phi) is 7.47. The molecule has 0 aliphatic rings. The fourth-order valence-electron chi connectivity index (χ4n) is 2.39. The number of rotatable bonds is 7. The number of benzene rings is 1. The third-order valence-corrected chi connectivity index (χ3v) is 11.3. The van der Waals surface area contributed by atoms with E-state index in [0.717, 1.165) is 0 Å². The van der Waals surface area contributed by atoms with Crippen LogP contribution in [0.1, 0.15) is 41.5 Å². The molecule has 0 fully saturated rings. The van der Waals surface area contributed by atoms with Crippen LogP contribution in [0.2, 0.25) is 18.1 Å². The van der Waals surface area contributed by atoms with Crippen LogP contribution in [-0.2, 0) is 19.1 Å². The van der Waals surface area contributed by atoms with Crippen molar-refractivity contribution in [1.82, 2.24) is 4.90 Å². The lowest BCUT2D eigenvalue weighted by Crippen LogP contribution is -2.51. The lowest BCUT2D eigenvalue weighted by atomic mass is 10.1. The van der Waals surface area contributed by atoms with Crippen molar-refractivity contribution in [2.75, 3.05) is 18.9 Å². The van der Waals surface area contributed by atoms with Crippen molar-refractivity contribution < 1.29 is 17.6 Å². The highest BCUT2D eigenvalue weighted by Crippen LogP contribution is 2.36. The normalized spacial score (nSPS) is 13.5. The average Bonchev–Trinajstić information content (AvgIpc) is 2.49. The first-order valence-electron chi connectivity index (χ1n) is 9.30. The fourth-order valence-corrected chi connectivity index (χ4v) is 4.65. The van der Waals surface area contributed by atoms with Crippen LogP contribution in [0.15, 0.2) is 35.2 Å². The van der Waals surface area contributed by atoms with Gasteiger partial charge in [0.15, 0.2) is 18.2 Å². The Balaban J connectivity index is 2.88. The van der Waals surface area contributed by atoms with Crippen LogP contribution in [0.3, 0.4) is 0 Å². The molecule has 1 aromatic carbocycles. The molecule has 0 heterocycles. The molecule has 0 aliphatic carbocycles. The number of carbonyl (C=O) groups excluding carboxylic acids is 1. The summed E-state index contributed by atoms with van der Waals surface area (Å²) in [5.41, 5.74) is -0.486. The number of sulfone groups is 1. The molecule has 154 valence electrons. The highest BCUT2D eigenvalue weighted by atomic mass is 32.2. The van der Waals surface area contributed by atoms with Gasteiger partial charge >= 0.3 is 0 Å². The number of hydrogen-bond acceptors (Lipinski definition) is 4. The second-order valence-corrected chi connectivity index (χ2v) is 16.2. The van der Waals surface area contributed by atoms with Crippen LogP contribution in [0.5, 0.6) is 0 Å². The molecule has 0 saturated heterocycles. The number of hydrogen-bond donors (Lipinski definition) is 0. The molecule has 0 N–H and O–H groups in total. The summed E-state index contributed by atoms with van der Waals surface area (Å²) in [6, 6.07) is 8.10. The van der Waals surface area contributed by atoms with E-state index >= 15 is 0 Å². The molecule has 0 unspecified atom stereocenters. The van der Waals surface area contributed by atoms with Gasteiger partial charge < -0.3 is 9.33 Å². The predicted molar refractivity (Wildman–Crippen MR) is 113 cm³/mol. The molecular formula is C20H35NO4SSi. The zero-order chi connectivity index (χ0) is 21.1. The van der Waals surface area contributed by atoms with E-state index in [2.05, 4.69) is 33.9 Å². The minimum absolute atomic E-state index is 0.0836. The van der Waals surface area contributed by atoms with Gasteiger partial charge in [0, 0.05) is 12.1 Å². The van der Waals surface area contributed by atoms with Gasteiger partial charge in [0.2, 0.25) is 5.91 Å². The Morgan fingerprint density at radius 3 is 2.00 bits per heavy atom. The first kappa shape index (κ1) is 23.9. The van der Waals surface area contributed by atoms with Gasteiger partial charge in [-0.3, -0.25) is 4.79 Å². The zero-order valence-corrected chi connectivity index (χ0v) is 19.8. The van der Waals surface area contributed by atoms with Crippen molar-refractivity contribution in [2.24, 2.45) is 0 Å². The zero-order valence-electron chi connectivity index (χ0n) is 18.0. The summed E-state index contributed by atoms with van der Waals surface area (Å²) in [6.07, 6.45) is 0. The molecule has 0 atom stereocenters. The molecule has 5 nitrogen and oxygen atoms in total. The third kappa shape index (κ3) is 6.73. The Labute approximate surface area is 166 Å². The first-order valence-corrected chi connectivity index (χ1v) is 13.9. The maximum absolute atomic E-state index is 12.8. The average molecular weight is 414 g/mol. The summed E-state index contributed by atoms with van der Waals surface area (Å²) in [6.45, 7) is 17.3. The lowest BCUT2D eigenvalue weighted by molar-refractivity contribution is -0.133. The maximum Gasteiger partial charge on any atom is 0.238 e. The summed E-state index contributed by atoms with van der Waals surface area (Å²) in [5.74, 6) is -0.931. The highest BCUT2D eigenvalue weighted by Gasteiger charge is 2.38. The van der Waals surface area contributed by atoms with Crippen molar-refractivity contribution in [3.63, 3.8) is 0 Å². The minimum Gasteiger partial charge on any atom is -0.415 e. The lowest BCUT2D eigenvalue weighted by Gasteiger charge is -2.39. The van der Waals surface area contributed by atoms with E-state index in [1.807, 2.05) is 20.8 Å². The summed E-state index contributed by atoms with van der Waals surface area (Å²) < 4.78 is 31.3. The summed E-state index contributed by atoms with van der Waals surface area (Å²) in [7, 11) is -5.59. The molecule has 27 heavy (non-hydrogen) atoms. The molecule has 0 aromatic heterocycles. The number of amides is 1. The molecule has 1 amide bonds. The van der Waals surface area contributed by atoms with Gasteiger partial charge in [0.05, 0.1) is 11.5 Å². The van der Waals surface area contributed by atoms with Crippen LogP contribution in [0.25, 0.3) is 0 Å². The molecular weight excluding hydrogens is 378 g/mol. The fraction of sp³-hybridized carbons (Fsp3) is 0.650. The monoisotopic (exact) mass is 413 g/mol. The SMILES string of the molecule is CC(C)(C)N(CCO[Si](C)(C)C(C)(C)C)C(=O)CS(=O)(=O)c1ccccc1. The minimum atomic E-state index is -3.66. The first-order chi connectivity index (χ1) is 12.1. The van der Waals surface area contributed by atoms with E-state index in [9.17, 15) is 13.2 Å².